The van der Waals surface area contributed by atoms with Gasteiger partial charge in [-0.25, -0.2) is 0 Å². The number of nitrogens with zero attached hydrogens (tertiary/aromatic N) is 1. The van der Waals surface area contributed by atoms with Crippen molar-refractivity contribution >= 4 is 34.8 Å². The van der Waals surface area contributed by atoms with Gasteiger partial charge in [-0.05, 0) is 17.9 Å². The topological polar surface area (TPSA) is 57.6 Å². The number of hydrogen-bond donors (Lipinski definition) is 1. The average molecular weight is 260 g/mol. The molecule has 0 radical (unpaired) electrons. The molecule has 0 aliphatic carbocycles. The second-order valence-corrected chi connectivity index (χ2v) is 5.06. The summed E-state index contributed by atoms with van der Waals surface area (Å²) in [7, 11) is 0. The van der Waals surface area contributed by atoms with E-state index in [9.17, 15) is 9.59 Å². The van der Waals surface area contributed by atoms with Gasteiger partial charge in [0.05, 0.1) is 10.9 Å². The Bertz CT molecular complexity index is 451. The highest BCUT2D eigenvalue weighted by atomic mass is 35.5. The Morgan fingerprint density at radius 1 is 1.56 bits per heavy atom. The minimum absolute atomic E-state index is 0.166. The van der Waals surface area contributed by atoms with Crippen molar-refractivity contribution in [1.82, 2.24) is 4.90 Å². The molecule has 1 amide bonds. The molecule has 1 aliphatic rings. The molecule has 2 rings (SSSR count). The van der Waals surface area contributed by atoms with E-state index in [2.05, 4.69) is 0 Å². The molecule has 6 heteroatoms. The minimum atomic E-state index is -0.850. The molecule has 0 unspecified atom stereocenters. The third-order valence-electron chi connectivity index (χ3n) is 2.61. The van der Waals surface area contributed by atoms with E-state index in [0.29, 0.717) is 9.90 Å². The van der Waals surface area contributed by atoms with Gasteiger partial charge in [0.15, 0.2) is 0 Å². The van der Waals surface area contributed by atoms with Gasteiger partial charge in [-0.15, -0.1) is 11.3 Å². The molecule has 1 N–H and O–H groups in total. The summed E-state index contributed by atoms with van der Waals surface area (Å²) < 4.78 is 0. The Morgan fingerprint density at radius 3 is 2.62 bits per heavy atom. The zero-order valence-electron chi connectivity index (χ0n) is 8.57. The van der Waals surface area contributed by atoms with Crippen LogP contribution in [0.2, 0.25) is 5.02 Å². The highest BCUT2D eigenvalue weighted by molar-refractivity contribution is 7.13. The van der Waals surface area contributed by atoms with Crippen LogP contribution in [0.5, 0.6) is 0 Å². The maximum atomic E-state index is 11.9. The highest BCUT2D eigenvalue weighted by Crippen LogP contribution is 2.30. The van der Waals surface area contributed by atoms with Crippen LogP contribution in [0.4, 0.5) is 0 Å². The predicted molar refractivity (Wildman–Crippen MR) is 61.1 cm³/mol. The second kappa shape index (κ2) is 4.07. The molecule has 0 bridgehead atoms. The van der Waals surface area contributed by atoms with Crippen LogP contribution < -0.4 is 0 Å². The molecule has 2 heterocycles. The summed E-state index contributed by atoms with van der Waals surface area (Å²) in [6.07, 6.45) is 0. The Hall–Kier alpha value is -1.07. The van der Waals surface area contributed by atoms with Gasteiger partial charge in [0.1, 0.15) is 4.88 Å². The molecular formula is C10H10ClNO3S. The Morgan fingerprint density at radius 2 is 2.19 bits per heavy atom. The standard InChI is InChI=1S/C10H10ClNO3S/c1-5-4-16-8(7(5)11)9(13)12-2-6(3-12)10(14)15/h4,6H,2-3H2,1H3,(H,14,15). The Labute approximate surface area is 101 Å². The summed E-state index contributed by atoms with van der Waals surface area (Å²) in [5.41, 5.74) is 0.880. The number of thiophene rings is 1. The quantitative estimate of drug-likeness (QED) is 0.882. The van der Waals surface area contributed by atoms with E-state index in [0.717, 1.165) is 5.56 Å². The number of rotatable bonds is 2. The minimum Gasteiger partial charge on any atom is -0.481 e. The van der Waals surface area contributed by atoms with Gasteiger partial charge < -0.3 is 10.0 Å². The van der Waals surface area contributed by atoms with Crippen molar-refractivity contribution in [1.29, 1.82) is 0 Å². The van der Waals surface area contributed by atoms with Gasteiger partial charge in [0.2, 0.25) is 0 Å². The Balaban J connectivity index is 2.06. The zero-order valence-corrected chi connectivity index (χ0v) is 10.1. The fourth-order valence-corrected chi connectivity index (χ4v) is 2.76. The molecule has 4 nitrogen and oxygen atoms in total. The van der Waals surface area contributed by atoms with Crippen molar-refractivity contribution in [3.63, 3.8) is 0 Å². The summed E-state index contributed by atoms with van der Waals surface area (Å²) in [5.74, 6) is -1.44. The summed E-state index contributed by atoms with van der Waals surface area (Å²) in [6, 6.07) is 0. The van der Waals surface area contributed by atoms with Crippen LogP contribution >= 0.6 is 22.9 Å². The summed E-state index contributed by atoms with van der Waals surface area (Å²) in [5, 5.41) is 11.0. The first-order valence-electron chi connectivity index (χ1n) is 4.76. The maximum absolute atomic E-state index is 11.9. The van der Waals surface area contributed by atoms with E-state index < -0.39 is 11.9 Å². The van der Waals surface area contributed by atoms with Crippen LogP contribution in [0.1, 0.15) is 15.2 Å². The van der Waals surface area contributed by atoms with Crippen molar-refractivity contribution in [2.75, 3.05) is 13.1 Å². The van der Waals surface area contributed by atoms with Gasteiger partial charge >= 0.3 is 5.97 Å². The van der Waals surface area contributed by atoms with Gasteiger partial charge in [-0.1, -0.05) is 11.6 Å². The monoisotopic (exact) mass is 259 g/mol. The Kier molecular flexibility index (Phi) is 2.90. The third kappa shape index (κ3) is 1.81. The lowest BCUT2D eigenvalue weighted by Crippen LogP contribution is -2.52. The number of hydrogen-bond acceptors (Lipinski definition) is 3. The van der Waals surface area contributed by atoms with Crippen LogP contribution in [0.15, 0.2) is 5.38 Å². The van der Waals surface area contributed by atoms with Crippen LogP contribution in [-0.2, 0) is 4.79 Å². The van der Waals surface area contributed by atoms with Gasteiger partial charge in [-0.2, -0.15) is 0 Å². The zero-order chi connectivity index (χ0) is 11.9. The number of carbonyl (C=O) groups is 2. The van der Waals surface area contributed by atoms with E-state index >= 15 is 0 Å². The van der Waals surface area contributed by atoms with Crippen molar-refractivity contribution in [2.24, 2.45) is 5.92 Å². The van der Waals surface area contributed by atoms with Gasteiger partial charge in [0.25, 0.3) is 5.91 Å². The number of carboxylic acid groups (broad SMARTS) is 1. The predicted octanol–water partition coefficient (Wildman–Crippen LogP) is 1.87. The second-order valence-electron chi connectivity index (χ2n) is 3.81. The molecule has 1 fully saturated rings. The number of carboxylic acids is 1. The van der Waals surface area contributed by atoms with Crippen molar-refractivity contribution in [3.8, 4) is 0 Å². The fraction of sp³-hybridized carbons (Fsp3) is 0.400. The van der Waals surface area contributed by atoms with Crippen LogP contribution in [0.3, 0.4) is 0 Å². The van der Waals surface area contributed by atoms with E-state index in [1.165, 1.54) is 16.2 Å². The van der Waals surface area contributed by atoms with Gasteiger partial charge in [-0.3, -0.25) is 9.59 Å². The number of halogens is 1. The molecule has 0 atom stereocenters. The normalized spacial score (nSPS) is 16.0. The summed E-state index contributed by atoms with van der Waals surface area (Å²) in [6.45, 7) is 2.40. The fourth-order valence-electron chi connectivity index (χ4n) is 1.52. The number of carbonyl (C=O) groups excluding carboxylic acids is 1. The van der Waals surface area contributed by atoms with Crippen molar-refractivity contribution < 1.29 is 14.7 Å². The number of amides is 1. The molecule has 86 valence electrons. The first-order valence-corrected chi connectivity index (χ1v) is 6.02. The number of likely N-dealkylation sites (tertiary alicyclic amines) is 1. The molecule has 0 spiro atoms. The summed E-state index contributed by atoms with van der Waals surface area (Å²) in [4.78, 5) is 24.5. The first-order chi connectivity index (χ1) is 7.50. The summed E-state index contributed by atoms with van der Waals surface area (Å²) >= 11 is 7.28. The molecule has 16 heavy (non-hydrogen) atoms. The van der Waals surface area contributed by atoms with Crippen LogP contribution in [0.25, 0.3) is 0 Å². The molecule has 1 aliphatic heterocycles. The molecular weight excluding hydrogens is 250 g/mol. The lowest BCUT2D eigenvalue weighted by atomic mass is 10.0. The highest BCUT2D eigenvalue weighted by Gasteiger charge is 2.37. The van der Waals surface area contributed by atoms with Gasteiger partial charge in [0, 0.05) is 13.1 Å². The van der Waals surface area contributed by atoms with Crippen LogP contribution in [-0.4, -0.2) is 35.0 Å². The van der Waals surface area contributed by atoms with E-state index in [1.807, 2.05) is 12.3 Å². The SMILES string of the molecule is Cc1csc(C(=O)N2CC(C(=O)O)C2)c1Cl. The molecule has 1 aromatic rings. The molecule has 0 aromatic carbocycles. The molecule has 1 saturated heterocycles. The van der Waals surface area contributed by atoms with E-state index in [-0.39, 0.29) is 19.0 Å². The lowest BCUT2D eigenvalue weighted by molar-refractivity contribution is -0.146. The molecule has 1 aromatic heterocycles. The van der Waals surface area contributed by atoms with E-state index in [4.69, 9.17) is 16.7 Å². The third-order valence-corrected chi connectivity index (χ3v) is 4.30. The first kappa shape index (κ1) is 11.4. The number of aliphatic carboxylic acids is 1. The smallest absolute Gasteiger partial charge is 0.310 e. The maximum Gasteiger partial charge on any atom is 0.310 e. The largest absolute Gasteiger partial charge is 0.481 e. The average Bonchev–Trinajstić information content (AvgIpc) is 2.44. The van der Waals surface area contributed by atoms with Crippen molar-refractivity contribution in [3.05, 3.63) is 20.8 Å². The number of aryl methyl sites for hydroxylation is 1. The molecule has 0 saturated carbocycles. The lowest BCUT2D eigenvalue weighted by Gasteiger charge is -2.36. The van der Waals surface area contributed by atoms with Crippen LogP contribution in [0, 0.1) is 12.8 Å². The van der Waals surface area contributed by atoms with Crippen molar-refractivity contribution in [2.45, 2.75) is 6.92 Å². The van der Waals surface area contributed by atoms with E-state index in [1.54, 1.807) is 0 Å².